The largest absolute Gasteiger partial charge is 0.469 e. The average molecular weight is 182 g/mol. The highest BCUT2D eigenvalue weighted by Gasteiger charge is 2.09. The summed E-state index contributed by atoms with van der Waals surface area (Å²) in [5.74, 6) is -0.220. The van der Waals surface area contributed by atoms with Gasteiger partial charge in [-0.15, -0.1) is 0 Å². The van der Waals surface area contributed by atoms with E-state index in [9.17, 15) is 4.79 Å². The zero-order chi connectivity index (χ0) is 9.68. The summed E-state index contributed by atoms with van der Waals surface area (Å²) in [5, 5.41) is 0. The number of rotatable bonds is 4. The van der Waals surface area contributed by atoms with Crippen LogP contribution < -0.4 is 5.73 Å². The van der Waals surface area contributed by atoms with Gasteiger partial charge in [-0.2, -0.15) is 0 Å². The Hall–Kier alpha value is -1.29. The topological polar surface area (TPSA) is 68.1 Å². The van der Waals surface area contributed by atoms with Crippen molar-refractivity contribution in [3.8, 4) is 0 Å². The molecule has 1 rings (SSSR count). The van der Waals surface area contributed by atoms with Gasteiger partial charge < -0.3 is 15.5 Å². The van der Waals surface area contributed by atoms with E-state index in [1.165, 1.54) is 7.11 Å². The summed E-state index contributed by atoms with van der Waals surface area (Å²) in [6.07, 6.45) is 2.78. The number of aromatic amines is 1. The lowest BCUT2D eigenvalue weighted by atomic mass is 10.1. The third kappa shape index (κ3) is 2.91. The molecule has 0 saturated carbocycles. The molecule has 1 heterocycles. The van der Waals surface area contributed by atoms with Gasteiger partial charge in [-0.25, -0.2) is 0 Å². The van der Waals surface area contributed by atoms with Crippen LogP contribution in [0.1, 0.15) is 24.6 Å². The first-order valence-corrected chi connectivity index (χ1v) is 4.19. The highest BCUT2D eigenvalue weighted by Crippen LogP contribution is 2.13. The molecule has 1 aromatic rings. The van der Waals surface area contributed by atoms with Gasteiger partial charge in [0.25, 0.3) is 0 Å². The van der Waals surface area contributed by atoms with Gasteiger partial charge in [0.15, 0.2) is 0 Å². The molecule has 4 nitrogen and oxygen atoms in total. The molecule has 72 valence electrons. The fourth-order valence-electron chi connectivity index (χ4n) is 1.11. The minimum absolute atomic E-state index is 0.117. The third-order valence-corrected chi connectivity index (χ3v) is 1.91. The first-order chi connectivity index (χ1) is 6.24. The standard InChI is InChI=1S/C9H14N2O2/c1-13-9(12)5-4-7(10)8-3-2-6-11-8/h2-3,6-7,11H,4-5,10H2,1H3. The van der Waals surface area contributed by atoms with Gasteiger partial charge in [0, 0.05) is 24.4 Å². The molecule has 3 N–H and O–H groups in total. The zero-order valence-electron chi connectivity index (χ0n) is 7.62. The second-order valence-electron chi connectivity index (χ2n) is 2.85. The number of carbonyl (C=O) groups excluding carboxylic acids is 1. The molecule has 1 unspecified atom stereocenters. The predicted octanol–water partition coefficient (Wildman–Crippen LogP) is 0.968. The van der Waals surface area contributed by atoms with Gasteiger partial charge in [0.2, 0.25) is 0 Å². The van der Waals surface area contributed by atoms with Gasteiger partial charge in [-0.05, 0) is 18.6 Å². The maximum absolute atomic E-state index is 10.8. The second kappa shape index (κ2) is 4.67. The molecule has 0 aromatic carbocycles. The van der Waals surface area contributed by atoms with Crippen molar-refractivity contribution in [2.75, 3.05) is 7.11 Å². The maximum Gasteiger partial charge on any atom is 0.305 e. The van der Waals surface area contributed by atoms with Gasteiger partial charge in [0.05, 0.1) is 7.11 Å². The Bertz CT molecular complexity index is 257. The molecule has 0 radical (unpaired) electrons. The minimum Gasteiger partial charge on any atom is -0.469 e. The van der Waals surface area contributed by atoms with E-state index >= 15 is 0 Å². The molecule has 0 bridgehead atoms. The Kier molecular flexibility index (Phi) is 3.52. The number of carbonyl (C=O) groups is 1. The fourth-order valence-corrected chi connectivity index (χ4v) is 1.11. The molecule has 13 heavy (non-hydrogen) atoms. The SMILES string of the molecule is COC(=O)CCC(N)c1ccc[nH]1. The summed E-state index contributed by atoms with van der Waals surface area (Å²) in [6, 6.07) is 3.67. The monoisotopic (exact) mass is 182 g/mol. The van der Waals surface area contributed by atoms with Crippen LogP contribution in [0.15, 0.2) is 18.3 Å². The van der Waals surface area contributed by atoms with Crippen molar-refractivity contribution < 1.29 is 9.53 Å². The summed E-state index contributed by atoms with van der Waals surface area (Å²) in [6.45, 7) is 0. The smallest absolute Gasteiger partial charge is 0.305 e. The van der Waals surface area contributed by atoms with E-state index < -0.39 is 0 Å². The van der Waals surface area contributed by atoms with Crippen LogP contribution in [-0.4, -0.2) is 18.1 Å². The first-order valence-electron chi connectivity index (χ1n) is 4.19. The van der Waals surface area contributed by atoms with E-state index in [2.05, 4.69) is 9.72 Å². The van der Waals surface area contributed by atoms with E-state index in [0.29, 0.717) is 12.8 Å². The van der Waals surface area contributed by atoms with E-state index in [1.807, 2.05) is 18.3 Å². The van der Waals surface area contributed by atoms with Crippen molar-refractivity contribution in [2.45, 2.75) is 18.9 Å². The number of ether oxygens (including phenoxy) is 1. The summed E-state index contributed by atoms with van der Waals surface area (Å²) in [4.78, 5) is 13.8. The van der Waals surface area contributed by atoms with Crippen LogP contribution >= 0.6 is 0 Å². The lowest BCUT2D eigenvalue weighted by molar-refractivity contribution is -0.140. The van der Waals surface area contributed by atoms with Crippen molar-refractivity contribution in [1.29, 1.82) is 0 Å². The van der Waals surface area contributed by atoms with Gasteiger partial charge in [0.1, 0.15) is 0 Å². The van der Waals surface area contributed by atoms with Crippen molar-refractivity contribution >= 4 is 5.97 Å². The van der Waals surface area contributed by atoms with Crippen LogP contribution in [0.5, 0.6) is 0 Å². The fraction of sp³-hybridized carbons (Fsp3) is 0.444. The zero-order valence-corrected chi connectivity index (χ0v) is 7.62. The number of esters is 1. The van der Waals surface area contributed by atoms with Gasteiger partial charge in [-0.3, -0.25) is 4.79 Å². The summed E-state index contributed by atoms with van der Waals surface area (Å²) >= 11 is 0. The van der Waals surface area contributed by atoms with Crippen LogP contribution in [-0.2, 0) is 9.53 Å². The number of aromatic nitrogens is 1. The van der Waals surface area contributed by atoms with E-state index in [0.717, 1.165) is 5.69 Å². The molecule has 0 amide bonds. The van der Waals surface area contributed by atoms with Crippen LogP contribution in [0.4, 0.5) is 0 Å². The van der Waals surface area contributed by atoms with E-state index in [1.54, 1.807) is 0 Å². The first kappa shape index (κ1) is 9.80. The number of nitrogens with one attached hydrogen (secondary N) is 1. The Morgan fingerprint density at radius 1 is 1.77 bits per heavy atom. The number of nitrogens with two attached hydrogens (primary N) is 1. The molecule has 0 spiro atoms. The molecule has 1 atom stereocenters. The normalized spacial score (nSPS) is 12.5. The van der Waals surface area contributed by atoms with Crippen LogP contribution in [0.3, 0.4) is 0 Å². The van der Waals surface area contributed by atoms with Crippen LogP contribution in [0, 0.1) is 0 Å². The number of hydrogen-bond acceptors (Lipinski definition) is 3. The van der Waals surface area contributed by atoms with E-state index in [-0.39, 0.29) is 12.0 Å². The minimum atomic E-state index is -0.220. The Labute approximate surface area is 77.1 Å². The molecule has 0 fully saturated rings. The summed E-state index contributed by atoms with van der Waals surface area (Å²) in [7, 11) is 1.38. The quantitative estimate of drug-likeness (QED) is 0.682. The van der Waals surface area contributed by atoms with Crippen LogP contribution in [0.25, 0.3) is 0 Å². The second-order valence-corrected chi connectivity index (χ2v) is 2.85. The lowest BCUT2D eigenvalue weighted by Crippen LogP contribution is -2.13. The van der Waals surface area contributed by atoms with Gasteiger partial charge in [-0.1, -0.05) is 0 Å². The highest BCUT2D eigenvalue weighted by molar-refractivity contribution is 5.69. The molecular formula is C9H14N2O2. The van der Waals surface area contributed by atoms with Crippen LogP contribution in [0.2, 0.25) is 0 Å². The number of hydrogen-bond donors (Lipinski definition) is 2. The molecule has 0 aliphatic carbocycles. The molecule has 4 heteroatoms. The van der Waals surface area contributed by atoms with E-state index in [4.69, 9.17) is 5.73 Å². The molecule has 0 aliphatic heterocycles. The lowest BCUT2D eigenvalue weighted by Gasteiger charge is -2.08. The van der Waals surface area contributed by atoms with Gasteiger partial charge >= 0.3 is 5.97 Å². The number of methoxy groups -OCH3 is 1. The Morgan fingerprint density at radius 3 is 3.08 bits per heavy atom. The van der Waals surface area contributed by atoms with Crippen molar-refractivity contribution in [3.05, 3.63) is 24.0 Å². The number of H-pyrrole nitrogens is 1. The Balaban J connectivity index is 2.34. The molecule has 0 saturated heterocycles. The predicted molar refractivity (Wildman–Crippen MR) is 49.0 cm³/mol. The highest BCUT2D eigenvalue weighted by atomic mass is 16.5. The molecule has 0 aliphatic rings. The Morgan fingerprint density at radius 2 is 2.54 bits per heavy atom. The summed E-state index contributed by atoms with van der Waals surface area (Å²) in [5.41, 5.74) is 6.75. The molecule has 1 aromatic heterocycles. The van der Waals surface area contributed by atoms with Crippen molar-refractivity contribution in [1.82, 2.24) is 4.98 Å². The van der Waals surface area contributed by atoms with Crippen molar-refractivity contribution in [2.24, 2.45) is 5.73 Å². The average Bonchev–Trinajstić information content (AvgIpc) is 2.66. The van der Waals surface area contributed by atoms with Crippen molar-refractivity contribution in [3.63, 3.8) is 0 Å². The molecular weight excluding hydrogens is 168 g/mol. The maximum atomic E-state index is 10.8. The summed E-state index contributed by atoms with van der Waals surface area (Å²) < 4.78 is 4.51. The third-order valence-electron chi connectivity index (χ3n) is 1.91.